The van der Waals surface area contributed by atoms with E-state index in [0.29, 0.717) is 10.7 Å². The van der Waals surface area contributed by atoms with E-state index >= 15 is 0 Å². The van der Waals surface area contributed by atoms with Crippen molar-refractivity contribution >= 4 is 39.1 Å². The molecule has 0 aliphatic rings. The van der Waals surface area contributed by atoms with Gasteiger partial charge in [0, 0.05) is 29.2 Å². The maximum atomic E-state index is 12.6. The summed E-state index contributed by atoms with van der Waals surface area (Å²) in [4.78, 5) is 16.2. The zero-order valence-electron chi connectivity index (χ0n) is 14.0. The molecule has 1 aromatic heterocycles. The Balaban J connectivity index is 1.72. The summed E-state index contributed by atoms with van der Waals surface area (Å²) in [5.41, 5.74) is 1.29. The number of hydrogen-bond donors (Lipinski definition) is 1. The van der Waals surface area contributed by atoms with Gasteiger partial charge in [-0.1, -0.05) is 23.7 Å². The molecule has 0 fully saturated rings. The molecule has 3 aromatic rings. The van der Waals surface area contributed by atoms with Gasteiger partial charge in [-0.2, -0.15) is 0 Å². The molecular weight excluding hydrogens is 384 g/mol. The average Bonchev–Trinajstić information content (AvgIpc) is 2.68. The Kier molecular flexibility index (Phi) is 5.69. The zero-order valence-corrected chi connectivity index (χ0v) is 15.6. The normalized spacial score (nSPS) is 11.4. The predicted octanol–water partition coefficient (Wildman–Crippen LogP) is 4.22. The van der Waals surface area contributed by atoms with Crippen LogP contribution < -0.4 is 5.32 Å². The molecule has 27 heavy (non-hydrogen) atoms. The molecule has 1 heterocycles. The van der Waals surface area contributed by atoms with Crippen LogP contribution in [0.4, 0.5) is 5.69 Å². The van der Waals surface area contributed by atoms with Gasteiger partial charge >= 0.3 is 0 Å². The Labute approximate surface area is 162 Å². The van der Waals surface area contributed by atoms with Crippen molar-refractivity contribution < 1.29 is 13.2 Å². The third-order valence-electron chi connectivity index (χ3n) is 3.65. The molecule has 0 bridgehead atoms. The van der Waals surface area contributed by atoms with Gasteiger partial charge in [0.15, 0.2) is 0 Å². The summed E-state index contributed by atoms with van der Waals surface area (Å²) in [6, 6.07) is 15.6. The summed E-state index contributed by atoms with van der Waals surface area (Å²) in [5, 5.41) is 3.03. The molecule has 5 nitrogen and oxygen atoms in total. The van der Waals surface area contributed by atoms with Crippen molar-refractivity contribution in [2.75, 3.05) is 5.32 Å². The molecular formula is C20H15ClN2O3S. The van der Waals surface area contributed by atoms with Gasteiger partial charge in [-0.05, 0) is 60.2 Å². The first kappa shape index (κ1) is 18.8. The maximum Gasteiger partial charge on any atom is 0.248 e. The molecule has 3 rings (SSSR count). The standard InChI is InChI=1S/C20H15ClN2O3S/c21-16-4-1-5-19(13-16)27(25,26)18-9-7-17(8-10-18)23-20(24)11-6-15-3-2-12-22-14-15/h1-14H,(H,23,24)/b11-6+. The fraction of sp³-hybridized carbons (Fsp3) is 0. The Morgan fingerprint density at radius 2 is 1.78 bits per heavy atom. The average molecular weight is 399 g/mol. The van der Waals surface area contributed by atoms with E-state index in [1.165, 1.54) is 42.5 Å². The molecule has 0 aliphatic carbocycles. The van der Waals surface area contributed by atoms with Gasteiger partial charge in [-0.3, -0.25) is 9.78 Å². The van der Waals surface area contributed by atoms with Gasteiger partial charge in [0.1, 0.15) is 0 Å². The predicted molar refractivity (Wildman–Crippen MR) is 105 cm³/mol. The number of anilines is 1. The number of hydrogen-bond acceptors (Lipinski definition) is 4. The van der Waals surface area contributed by atoms with E-state index in [9.17, 15) is 13.2 Å². The van der Waals surface area contributed by atoms with Crippen LogP contribution in [0.1, 0.15) is 5.56 Å². The largest absolute Gasteiger partial charge is 0.323 e. The van der Waals surface area contributed by atoms with Crippen molar-refractivity contribution in [3.8, 4) is 0 Å². The second-order valence-electron chi connectivity index (χ2n) is 5.59. The minimum atomic E-state index is -3.67. The van der Waals surface area contributed by atoms with E-state index in [-0.39, 0.29) is 15.7 Å². The molecule has 0 saturated carbocycles. The lowest BCUT2D eigenvalue weighted by atomic mass is 10.2. The Morgan fingerprint density at radius 1 is 1.00 bits per heavy atom. The van der Waals surface area contributed by atoms with Gasteiger partial charge in [0.25, 0.3) is 0 Å². The highest BCUT2D eigenvalue weighted by Crippen LogP contribution is 2.24. The minimum absolute atomic E-state index is 0.117. The van der Waals surface area contributed by atoms with Crippen molar-refractivity contribution in [2.24, 2.45) is 0 Å². The molecule has 0 unspecified atom stereocenters. The third-order valence-corrected chi connectivity index (χ3v) is 5.65. The third kappa shape index (κ3) is 4.81. The van der Waals surface area contributed by atoms with Gasteiger partial charge < -0.3 is 5.32 Å². The van der Waals surface area contributed by atoms with Crippen LogP contribution in [0.25, 0.3) is 6.08 Å². The SMILES string of the molecule is O=C(/C=C/c1cccnc1)Nc1ccc(S(=O)(=O)c2cccc(Cl)c2)cc1. The van der Waals surface area contributed by atoms with Crippen molar-refractivity contribution in [1.82, 2.24) is 4.98 Å². The molecule has 7 heteroatoms. The van der Waals surface area contributed by atoms with Gasteiger partial charge in [0.05, 0.1) is 9.79 Å². The topological polar surface area (TPSA) is 76.1 Å². The van der Waals surface area contributed by atoms with Crippen molar-refractivity contribution in [3.63, 3.8) is 0 Å². The lowest BCUT2D eigenvalue weighted by Gasteiger charge is -2.07. The number of halogens is 1. The molecule has 2 aromatic carbocycles. The molecule has 0 spiro atoms. The van der Waals surface area contributed by atoms with Crippen LogP contribution >= 0.6 is 11.6 Å². The van der Waals surface area contributed by atoms with E-state index in [2.05, 4.69) is 10.3 Å². The van der Waals surface area contributed by atoms with Crippen LogP contribution in [0.3, 0.4) is 0 Å². The van der Waals surface area contributed by atoms with Crippen LogP contribution in [0.2, 0.25) is 5.02 Å². The molecule has 1 N–H and O–H groups in total. The van der Waals surface area contributed by atoms with E-state index in [1.807, 2.05) is 6.07 Å². The van der Waals surface area contributed by atoms with E-state index in [0.717, 1.165) is 5.56 Å². The van der Waals surface area contributed by atoms with Crippen LogP contribution in [-0.4, -0.2) is 19.3 Å². The summed E-state index contributed by atoms with van der Waals surface area (Å²) in [6.07, 6.45) is 6.31. The summed E-state index contributed by atoms with van der Waals surface area (Å²) < 4.78 is 25.2. The van der Waals surface area contributed by atoms with Crippen molar-refractivity contribution in [2.45, 2.75) is 9.79 Å². The van der Waals surface area contributed by atoms with Crippen LogP contribution in [-0.2, 0) is 14.6 Å². The summed E-state index contributed by atoms with van der Waals surface area (Å²) in [7, 11) is -3.67. The van der Waals surface area contributed by atoms with Crippen LogP contribution in [0.15, 0.2) is 88.9 Å². The molecule has 1 amide bonds. The van der Waals surface area contributed by atoms with E-state index in [1.54, 1.807) is 36.7 Å². The smallest absolute Gasteiger partial charge is 0.248 e. The molecule has 136 valence electrons. The number of carbonyl (C=O) groups is 1. The van der Waals surface area contributed by atoms with Crippen molar-refractivity contribution in [1.29, 1.82) is 0 Å². The number of rotatable bonds is 5. The highest BCUT2D eigenvalue weighted by atomic mass is 35.5. The molecule has 0 aliphatic heterocycles. The molecule has 0 atom stereocenters. The Bertz CT molecular complexity index is 1080. The second kappa shape index (κ2) is 8.16. The number of pyridine rings is 1. The van der Waals surface area contributed by atoms with Crippen LogP contribution in [0, 0.1) is 0 Å². The number of nitrogens with one attached hydrogen (secondary N) is 1. The van der Waals surface area contributed by atoms with Gasteiger partial charge in [-0.25, -0.2) is 8.42 Å². The first-order valence-electron chi connectivity index (χ1n) is 7.95. The fourth-order valence-electron chi connectivity index (χ4n) is 2.32. The summed E-state index contributed by atoms with van der Waals surface area (Å²) in [6.45, 7) is 0. The minimum Gasteiger partial charge on any atom is -0.323 e. The monoisotopic (exact) mass is 398 g/mol. The molecule has 0 saturated heterocycles. The first-order valence-corrected chi connectivity index (χ1v) is 9.81. The highest BCUT2D eigenvalue weighted by Gasteiger charge is 2.17. The summed E-state index contributed by atoms with van der Waals surface area (Å²) in [5.74, 6) is -0.329. The van der Waals surface area contributed by atoms with Crippen molar-refractivity contribution in [3.05, 3.63) is 89.7 Å². The quantitative estimate of drug-likeness (QED) is 0.653. The van der Waals surface area contributed by atoms with Gasteiger partial charge in [0.2, 0.25) is 15.7 Å². The van der Waals surface area contributed by atoms with Crippen LogP contribution in [0.5, 0.6) is 0 Å². The zero-order chi connectivity index (χ0) is 19.3. The number of nitrogens with zero attached hydrogens (tertiary/aromatic N) is 1. The van der Waals surface area contributed by atoms with E-state index < -0.39 is 9.84 Å². The number of amides is 1. The summed E-state index contributed by atoms with van der Waals surface area (Å²) >= 11 is 5.87. The number of carbonyl (C=O) groups excluding carboxylic acids is 1. The first-order chi connectivity index (χ1) is 12.9. The Morgan fingerprint density at radius 3 is 2.44 bits per heavy atom. The highest BCUT2D eigenvalue weighted by molar-refractivity contribution is 7.91. The van der Waals surface area contributed by atoms with E-state index in [4.69, 9.17) is 11.6 Å². The number of benzene rings is 2. The van der Waals surface area contributed by atoms with Gasteiger partial charge in [-0.15, -0.1) is 0 Å². The lowest BCUT2D eigenvalue weighted by molar-refractivity contribution is -0.111. The number of aromatic nitrogens is 1. The maximum absolute atomic E-state index is 12.6. The number of sulfone groups is 1. The lowest BCUT2D eigenvalue weighted by Crippen LogP contribution is -2.08. The second-order valence-corrected chi connectivity index (χ2v) is 7.98. The fourth-order valence-corrected chi connectivity index (χ4v) is 3.88. The molecule has 0 radical (unpaired) electrons. The Hall–Kier alpha value is -2.96.